The van der Waals surface area contributed by atoms with Crippen LogP contribution in [0.1, 0.15) is 25.7 Å². The number of halogens is 1. The van der Waals surface area contributed by atoms with Crippen LogP contribution in [-0.2, 0) is 14.3 Å². The summed E-state index contributed by atoms with van der Waals surface area (Å²) in [5, 5.41) is 9.72. The largest absolute Gasteiger partial charge is 0.493 e. The Kier molecular flexibility index (Phi) is 5.75. The van der Waals surface area contributed by atoms with Crippen LogP contribution in [0.3, 0.4) is 0 Å². The highest BCUT2D eigenvalue weighted by atomic mass is 32.2. The van der Waals surface area contributed by atoms with Crippen LogP contribution in [0.5, 0.6) is 0 Å². The molecule has 0 aromatic heterocycles. The number of aliphatic hydroxyl groups is 1. The van der Waals surface area contributed by atoms with Gasteiger partial charge in [-0.3, -0.25) is 4.79 Å². The zero-order chi connectivity index (χ0) is 18.8. The van der Waals surface area contributed by atoms with Crippen LogP contribution in [0.25, 0.3) is 0 Å². The Balaban J connectivity index is 1.39. The molecule has 2 fully saturated rings. The van der Waals surface area contributed by atoms with Gasteiger partial charge in [0.25, 0.3) is 5.91 Å². The number of fused-ring (bicyclic) bond motifs is 1. The van der Waals surface area contributed by atoms with Crippen molar-refractivity contribution in [3.05, 3.63) is 23.7 Å². The highest BCUT2D eigenvalue weighted by Gasteiger charge is 2.35. The first kappa shape index (κ1) is 18.8. The maximum atomic E-state index is 14.4. The van der Waals surface area contributed by atoms with Gasteiger partial charge in [0.1, 0.15) is 23.3 Å². The molecule has 1 N–H and O–H groups in total. The van der Waals surface area contributed by atoms with Gasteiger partial charge >= 0.3 is 0 Å². The van der Waals surface area contributed by atoms with E-state index < -0.39 is 17.7 Å². The molecule has 1 amide bonds. The Bertz CT molecular complexity index is 721. The fourth-order valence-corrected chi connectivity index (χ4v) is 4.71. The van der Waals surface area contributed by atoms with Gasteiger partial charge in [-0.15, -0.1) is 0 Å². The Labute approximate surface area is 161 Å². The number of allylic oxidation sites excluding steroid dienone is 2. The molecule has 1 atom stereocenters. The fourth-order valence-electron chi connectivity index (χ4n) is 3.48. The number of carbonyl (C=O) groups is 1. The lowest BCUT2D eigenvalue weighted by Gasteiger charge is -2.30. The standard InChI is InChI=1S/C19H23FN2O4S/c20-15-7-13(26-9-11-1-3-25-4-2-11)8-16-18(15)19(24)22-17(21-16)10-27-14-5-12(23)6-14/h7-8,11-12,14,18,23H,1-6,9-10H2. The molecule has 6 nitrogen and oxygen atoms in total. The van der Waals surface area contributed by atoms with E-state index in [0.717, 1.165) is 38.9 Å². The number of amides is 1. The van der Waals surface area contributed by atoms with Crippen LogP contribution in [0.15, 0.2) is 33.7 Å². The molecule has 0 aromatic rings. The van der Waals surface area contributed by atoms with Crippen molar-refractivity contribution >= 4 is 29.2 Å². The summed E-state index contributed by atoms with van der Waals surface area (Å²) in [7, 11) is 0. The average Bonchev–Trinajstić information content (AvgIpc) is 2.63. The first-order valence-corrected chi connectivity index (χ1v) is 10.4. The number of rotatable bonds is 6. The maximum Gasteiger partial charge on any atom is 0.263 e. The van der Waals surface area contributed by atoms with Crippen LogP contribution in [-0.4, -0.2) is 59.5 Å². The molecule has 1 saturated heterocycles. The number of hydrogen-bond acceptors (Lipinski definition) is 6. The minimum Gasteiger partial charge on any atom is -0.493 e. The number of hydrogen-bond donors (Lipinski definition) is 1. The molecule has 27 heavy (non-hydrogen) atoms. The molecule has 1 saturated carbocycles. The van der Waals surface area contributed by atoms with E-state index >= 15 is 0 Å². The molecule has 2 aliphatic carbocycles. The molecule has 2 heterocycles. The summed E-state index contributed by atoms with van der Waals surface area (Å²) in [4.78, 5) is 20.6. The quantitative estimate of drug-likeness (QED) is 0.748. The van der Waals surface area contributed by atoms with E-state index in [-0.39, 0.29) is 6.10 Å². The number of carbonyl (C=O) groups excluding carboxylic acids is 1. The predicted molar refractivity (Wildman–Crippen MR) is 102 cm³/mol. The molecular weight excluding hydrogens is 371 g/mol. The van der Waals surface area contributed by atoms with Crippen molar-refractivity contribution in [1.29, 1.82) is 0 Å². The van der Waals surface area contributed by atoms with Crippen molar-refractivity contribution in [3.63, 3.8) is 0 Å². The fraction of sp³-hybridized carbons (Fsp3) is 0.632. The van der Waals surface area contributed by atoms with E-state index in [4.69, 9.17) is 9.47 Å². The van der Waals surface area contributed by atoms with Crippen molar-refractivity contribution in [2.24, 2.45) is 21.8 Å². The molecule has 0 spiro atoms. The summed E-state index contributed by atoms with van der Waals surface area (Å²) in [6, 6.07) is 0. The van der Waals surface area contributed by atoms with Gasteiger partial charge in [0, 0.05) is 30.6 Å². The van der Waals surface area contributed by atoms with E-state index in [1.54, 1.807) is 17.8 Å². The smallest absolute Gasteiger partial charge is 0.263 e. The van der Waals surface area contributed by atoms with Gasteiger partial charge in [-0.05, 0) is 31.6 Å². The number of nitrogens with zero attached hydrogens (tertiary/aromatic N) is 2. The van der Waals surface area contributed by atoms with Gasteiger partial charge in [-0.1, -0.05) is 0 Å². The number of thioether (sulfide) groups is 1. The first-order valence-electron chi connectivity index (χ1n) is 9.37. The zero-order valence-corrected chi connectivity index (χ0v) is 15.8. The summed E-state index contributed by atoms with van der Waals surface area (Å²) in [5.41, 5.74) is 0.362. The predicted octanol–water partition coefficient (Wildman–Crippen LogP) is 2.43. The number of ether oxygens (including phenoxy) is 2. The van der Waals surface area contributed by atoms with E-state index in [9.17, 15) is 14.3 Å². The van der Waals surface area contributed by atoms with Gasteiger partial charge < -0.3 is 14.6 Å². The van der Waals surface area contributed by atoms with Crippen molar-refractivity contribution in [3.8, 4) is 0 Å². The van der Waals surface area contributed by atoms with Gasteiger partial charge in [-0.2, -0.15) is 16.8 Å². The third-order valence-electron chi connectivity index (χ3n) is 5.23. The molecule has 146 valence electrons. The molecule has 0 radical (unpaired) electrons. The van der Waals surface area contributed by atoms with E-state index in [2.05, 4.69) is 9.98 Å². The van der Waals surface area contributed by atoms with Crippen LogP contribution in [0.2, 0.25) is 0 Å². The number of amidine groups is 1. The molecule has 4 aliphatic rings. The Hall–Kier alpha value is -1.51. The van der Waals surface area contributed by atoms with E-state index in [0.29, 0.717) is 40.8 Å². The first-order chi connectivity index (χ1) is 13.1. The van der Waals surface area contributed by atoms with Crippen LogP contribution >= 0.6 is 11.8 Å². The van der Waals surface area contributed by atoms with E-state index in [1.807, 2.05) is 0 Å². The van der Waals surface area contributed by atoms with Crippen molar-refractivity contribution in [1.82, 2.24) is 0 Å². The Morgan fingerprint density at radius 1 is 1.26 bits per heavy atom. The zero-order valence-electron chi connectivity index (χ0n) is 15.0. The van der Waals surface area contributed by atoms with Gasteiger partial charge in [-0.25, -0.2) is 9.38 Å². The van der Waals surface area contributed by atoms with Crippen LogP contribution in [0.4, 0.5) is 4.39 Å². The Morgan fingerprint density at radius 2 is 2.04 bits per heavy atom. The lowest BCUT2D eigenvalue weighted by atomic mass is 9.94. The lowest BCUT2D eigenvalue weighted by Crippen LogP contribution is -2.33. The second-order valence-electron chi connectivity index (χ2n) is 7.34. The third kappa shape index (κ3) is 4.50. The summed E-state index contributed by atoms with van der Waals surface area (Å²) in [6.07, 6.45) is 6.09. The van der Waals surface area contributed by atoms with Gasteiger partial charge in [0.05, 0.1) is 24.2 Å². The van der Waals surface area contributed by atoms with Crippen molar-refractivity contribution in [2.45, 2.75) is 37.0 Å². The second-order valence-corrected chi connectivity index (χ2v) is 8.63. The minimum atomic E-state index is -1.04. The lowest BCUT2D eigenvalue weighted by molar-refractivity contribution is -0.119. The third-order valence-corrected chi connectivity index (χ3v) is 6.51. The number of aliphatic hydroxyl groups excluding tert-OH is 1. The summed E-state index contributed by atoms with van der Waals surface area (Å²) in [5.74, 6) is -0.435. The van der Waals surface area contributed by atoms with Gasteiger partial charge in [0.2, 0.25) is 0 Å². The molecular formula is C19H23FN2O4S. The summed E-state index contributed by atoms with van der Waals surface area (Å²) < 4.78 is 25.6. The molecule has 8 heteroatoms. The topological polar surface area (TPSA) is 80.5 Å². The highest BCUT2D eigenvalue weighted by Crippen LogP contribution is 2.33. The molecule has 0 bridgehead atoms. The van der Waals surface area contributed by atoms with Gasteiger partial charge in [0.15, 0.2) is 0 Å². The Morgan fingerprint density at radius 3 is 2.78 bits per heavy atom. The van der Waals surface area contributed by atoms with Crippen LogP contribution < -0.4 is 0 Å². The number of aliphatic imine (C=N–C) groups is 2. The maximum absolute atomic E-state index is 14.4. The molecule has 0 aromatic carbocycles. The normalized spacial score (nSPS) is 31.2. The minimum absolute atomic E-state index is 0.218. The highest BCUT2D eigenvalue weighted by molar-refractivity contribution is 8.00. The van der Waals surface area contributed by atoms with Crippen molar-refractivity contribution < 1.29 is 23.8 Å². The second kappa shape index (κ2) is 8.24. The molecule has 4 rings (SSSR count). The monoisotopic (exact) mass is 394 g/mol. The average molecular weight is 394 g/mol. The summed E-state index contributed by atoms with van der Waals surface area (Å²) in [6.45, 7) is 1.97. The molecule has 1 unspecified atom stereocenters. The summed E-state index contributed by atoms with van der Waals surface area (Å²) >= 11 is 1.62. The van der Waals surface area contributed by atoms with Crippen molar-refractivity contribution in [2.75, 3.05) is 25.6 Å². The SMILES string of the molecule is O=C1N=C(CSC2CC(O)C2)N=C2C=C(OCC3CCOCC3)C=C(F)C12. The van der Waals surface area contributed by atoms with E-state index in [1.165, 1.54) is 6.08 Å². The molecule has 2 aliphatic heterocycles. The van der Waals surface area contributed by atoms with Crippen LogP contribution in [0, 0.1) is 11.8 Å².